The first-order valence-corrected chi connectivity index (χ1v) is 9.40. The van der Waals surface area contributed by atoms with E-state index in [2.05, 4.69) is 10.4 Å². The molecular weight excluding hydrogens is 344 g/mol. The Labute approximate surface area is 158 Å². The van der Waals surface area contributed by atoms with Gasteiger partial charge in [0.25, 0.3) is 5.91 Å². The van der Waals surface area contributed by atoms with E-state index >= 15 is 0 Å². The monoisotopic (exact) mass is 368 g/mol. The van der Waals surface area contributed by atoms with Crippen molar-refractivity contribution in [2.45, 2.75) is 31.9 Å². The molecule has 0 bridgehead atoms. The van der Waals surface area contributed by atoms with Crippen LogP contribution in [0.15, 0.2) is 42.7 Å². The first-order valence-electron chi connectivity index (χ1n) is 9.40. The average Bonchev–Trinajstić information content (AvgIpc) is 3.15. The van der Waals surface area contributed by atoms with Gasteiger partial charge in [0.2, 0.25) is 5.91 Å². The Kier molecular flexibility index (Phi) is 4.70. The number of nitrogens with zero attached hydrogens (tertiary/aromatic N) is 3. The lowest BCUT2D eigenvalue weighted by atomic mass is 9.71. The first kappa shape index (κ1) is 17.7. The second-order valence-electron chi connectivity index (χ2n) is 7.46. The molecule has 7 nitrogen and oxygen atoms in total. The molecule has 2 atom stereocenters. The predicted molar refractivity (Wildman–Crippen MR) is 99.0 cm³/mol. The Hall–Kier alpha value is -2.67. The SMILES string of the molecule is O=C(c1cnn(Cc2ccccc2)c1)N1CC[C@H](O)[C@@]2(CCCNC2=O)C1. The molecule has 1 aromatic carbocycles. The molecular formula is C20H24N4O3. The molecule has 2 N–H and O–H groups in total. The number of aromatic nitrogens is 2. The summed E-state index contributed by atoms with van der Waals surface area (Å²) >= 11 is 0. The third-order valence-electron chi connectivity index (χ3n) is 5.68. The number of hydrogen-bond acceptors (Lipinski definition) is 4. The molecule has 1 aromatic heterocycles. The van der Waals surface area contributed by atoms with Crippen LogP contribution in [0.4, 0.5) is 0 Å². The molecule has 1 spiro atoms. The zero-order valence-electron chi connectivity index (χ0n) is 15.2. The summed E-state index contributed by atoms with van der Waals surface area (Å²) in [6.07, 6.45) is 4.45. The number of piperidine rings is 2. The molecule has 2 aromatic rings. The number of nitrogens with one attached hydrogen (secondary N) is 1. The van der Waals surface area contributed by atoms with Crippen LogP contribution < -0.4 is 5.32 Å². The van der Waals surface area contributed by atoms with Gasteiger partial charge in [0.1, 0.15) is 0 Å². The third kappa shape index (κ3) is 3.35. The van der Waals surface area contributed by atoms with E-state index in [4.69, 9.17) is 0 Å². The van der Waals surface area contributed by atoms with Crippen molar-refractivity contribution < 1.29 is 14.7 Å². The summed E-state index contributed by atoms with van der Waals surface area (Å²) in [7, 11) is 0. The maximum Gasteiger partial charge on any atom is 0.257 e. The van der Waals surface area contributed by atoms with Gasteiger partial charge in [0.15, 0.2) is 0 Å². The number of carbonyl (C=O) groups excluding carboxylic acids is 2. The fraction of sp³-hybridized carbons (Fsp3) is 0.450. The summed E-state index contributed by atoms with van der Waals surface area (Å²) in [5.74, 6) is -0.280. The number of carbonyl (C=O) groups is 2. The largest absolute Gasteiger partial charge is 0.392 e. The lowest BCUT2D eigenvalue weighted by Crippen LogP contribution is -2.62. The van der Waals surface area contributed by atoms with Crippen LogP contribution in [0.2, 0.25) is 0 Å². The van der Waals surface area contributed by atoms with E-state index in [1.807, 2.05) is 30.3 Å². The minimum Gasteiger partial charge on any atom is -0.392 e. The molecule has 2 amide bonds. The second kappa shape index (κ2) is 7.15. The lowest BCUT2D eigenvalue weighted by Gasteiger charge is -2.46. The molecule has 27 heavy (non-hydrogen) atoms. The quantitative estimate of drug-likeness (QED) is 0.847. The van der Waals surface area contributed by atoms with Crippen molar-refractivity contribution in [2.24, 2.45) is 5.41 Å². The highest BCUT2D eigenvalue weighted by molar-refractivity contribution is 5.94. The molecule has 0 radical (unpaired) electrons. The average molecular weight is 368 g/mol. The number of rotatable bonds is 3. The van der Waals surface area contributed by atoms with Crippen molar-refractivity contribution in [1.82, 2.24) is 20.0 Å². The fourth-order valence-corrected chi connectivity index (χ4v) is 4.13. The molecule has 4 rings (SSSR count). The van der Waals surface area contributed by atoms with E-state index in [0.29, 0.717) is 38.0 Å². The van der Waals surface area contributed by atoms with E-state index in [1.54, 1.807) is 22.0 Å². The van der Waals surface area contributed by atoms with Crippen LogP contribution in [0.1, 0.15) is 35.2 Å². The van der Waals surface area contributed by atoms with Gasteiger partial charge in [-0.2, -0.15) is 5.10 Å². The maximum atomic E-state index is 13.0. The standard InChI is InChI=1S/C20H24N4O3/c25-17-7-10-23(14-20(17)8-4-9-21-19(20)27)18(26)16-11-22-24(13-16)12-15-5-2-1-3-6-15/h1-3,5-6,11,13,17,25H,4,7-10,12,14H2,(H,21,27)/t17-,20+/m0/s1. The van der Waals surface area contributed by atoms with Gasteiger partial charge in [-0.25, -0.2) is 0 Å². The normalized spacial score (nSPS) is 25.4. The molecule has 7 heteroatoms. The van der Waals surface area contributed by atoms with Gasteiger partial charge in [-0.15, -0.1) is 0 Å². The van der Waals surface area contributed by atoms with Gasteiger partial charge in [-0.05, 0) is 24.8 Å². The van der Waals surface area contributed by atoms with E-state index < -0.39 is 11.5 Å². The smallest absolute Gasteiger partial charge is 0.257 e. The Morgan fingerprint density at radius 1 is 1.33 bits per heavy atom. The van der Waals surface area contributed by atoms with Crippen LogP contribution in [0.5, 0.6) is 0 Å². The topological polar surface area (TPSA) is 87.5 Å². The van der Waals surface area contributed by atoms with E-state index in [9.17, 15) is 14.7 Å². The Morgan fingerprint density at radius 3 is 2.93 bits per heavy atom. The molecule has 2 saturated heterocycles. The molecule has 2 aliphatic heterocycles. The van der Waals surface area contributed by atoms with Crippen LogP contribution in [0.25, 0.3) is 0 Å². The highest BCUT2D eigenvalue weighted by Crippen LogP contribution is 2.37. The third-order valence-corrected chi connectivity index (χ3v) is 5.68. The van der Waals surface area contributed by atoms with Gasteiger partial charge in [-0.1, -0.05) is 30.3 Å². The highest BCUT2D eigenvalue weighted by atomic mass is 16.3. The number of aliphatic hydroxyl groups is 1. The minimum atomic E-state index is -0.883. The van der Waals surface area contributed by atoms with Crippen LogP contribution in [-0.4, -0.2) is 57.3 Å². The molecule has 2 aliphatic rings. The number of hydrogen-bond donors (Lipinski definition) is 2. The van der Waals surface area contributed by atoms with E-state index in [-0.39, 0.29) is 18.4 Å². The summed E-state index contributed by atoms with van der Waals surface area (Å²) in [6, 6.07) is 9.93. The van der Waals surface area contributed by atoms with Crippen molar-refractivity contribution in [3.63, 3.8) is 0 Å². The second-order valence-corrected chi connectivity index (χ2v) is 7.46. The van der Waals surface area contributed by atoms with Crippen molar-refractivity contribution >= 4 is 11.8 Å². The Bertz CT molecular complexity index is 835. The Morgan fingerprint density at radius 2 is 2.15 bits per heavy atom. The summed E-state index contributed by atoms with van der Waals surface area (Å²) in [5, 5.41) is 17.6. The van der Waals surface area contributed by atoms with Crippen LogP contribution in [-0.2, 0) is 11.3 Å². The lowest BCUT2D eigenvalue weighted by molar-refractivity contribution is -0.147. The number of aliphatic hydroxyl groups excluding tert-OH is 1. The van der Waals surface area contributed by atoms with Gasteiger partial charge in [0, 0.05) is 25.8 Å². The number of benzene rings is 1. The minimum absolute atomic E-state index is 0.140. The van der Waals surface area contributed by atoms with Crippen LogP contribution >= 0.6 is 0 Å². The highest BCUT2D eigenvalue weighted by Gasteiger charge is 2.50. The van der Waals surface area contributed by atoms with E-state index in [1.165, 1.54) is 0 Å². The molecule has 3 heterocycles. The van der Waals surface area contributed by atoms with Crippen LogP contribution in [0.3, 0.4) is 0 Å². The maximum absolute atomic E-state index is 13.0. The van der Waals surface area contributed by atoms with Gasteiger partial charge >= 0.3 is 0 Å². The van der Waals surface area contributed by atoms with Crippen molar-refractivity contribution in [1.29, 1.82) is 0 Å². The molecule has 0 saturated carbocycles. The fourth-order valence-electron chi connectivity index (χ4n) is 4.13. The number of amides is 2. The summed E-state index contributed by atoms with van der Waals surface area (Å²) in [5.41, 5.74) is 0.735. The predicted octanol–water partition coefficient (Wildman–Crippen LogP) is 1.03. The van der Waals surface area contributed by atoms with Crippen molar-refractivity contribution in [2.75, 3.05) is 19.6 Å². The molecule has 0 unspecified atom stereocenters. The Balaban J connectivity index is 1.49. The zero-order chi connectivity index (χ0) is 18.9. The van der Waals surface area contributed by atoms with Gasteiger partial charge in [-0.3, -0.25) is 14.3 Å². The van der Waals surface area contributed by atoms with Crippen molar-refractivity contribution in [3.05, 3.63) is 53.9 Å². The summed E-state index contributed by atoms with van der Waals surface area (Å²) < 4.78 is 1.74. The first-order chi connectivity index (χ1) is 13.1. The van der Waals surface area contributed by atoms with Gasteiger partial charge in [0.05, 0.1) is 29.8 Å². The molecule has 0 aliphatic carbocycles. The van der Waals surface area contributed by atoms with Gasteiger partial charge < -0.3 is 15.3 Å². The van der Waals surface area contributed by atoms with E-state index in [0.717, 1.165) is 12.0 Å². The molecule has 142 valence electrons. The summed E-state index contributed by atoms with van der Waals surface area (Å²) in [4.78, 5) is 27.1. The summed E-state index contributed by atoms with van der Waals surface area (Å²) in [6.45, 7) is 1.92. The van der Waals surface area contributed by atoms with Crippen molar-refractivity contribution in [3.8, 4) is 0 Å². The van der Waals surface area contributed by atoms with Crippen LogP contribution in [0, 0.1) is 5.41 Å². The number of likely N-dealkylation sites (tertiary alicyclic amines) is 1. The zero-order valence-corrected chi connectivity index (χ0v) is 15.2. The molecule has 2 fully saturated rings.